The molecule has 0 radical (unpaired) electrons. The molecule has 0 unspecified atom stereocenters. The summed E-state index contributed by atoms with van der Waals surface area (Å²) in [6.45, 7) is 3.59. The smallest absolute Gasteiger partial charge is 0.326 e. The first-order valence-corrected chi connectivity index (χ1v) is 11.6. The average Bonchev–Trinajstić information content (AvgIpc) is 3.54. The number of piperidine rings is 1. The van der Waals surface area contributed by atoms with Crippen molar-refractivity contribution < 1.29 is 4.42 Å². The number of H-pyrrole nitrogens is 1. The summed E-state index contributed by atoms with van der Waals surface area (Å²) in [5.41, 5.74) is 3.19. The number of nitrogens with zero attached hydrogens (tertiary/aromatic N) is 8. The van der Waals surface area contributed by atoms with Gasteiger partial charge in [-0.05, 0) is 31.4 Å². The fraction of sp³-hybridized carbons (Fsp3) is 0.391. The van der Waals surface area contributed by atoms with Crippen molar-refractivity contribution >= 4 is 28.0 Å². The minimum Gasteiger partial charge on any atom is -0.418 e. The number of hydrogen-bond acceptors (Lipinski definition) is 8. The van der Waals surface area contributed by atoms with Gasteiger partial charge < -0.3 is 18.9 Å². The molecule has 6 rings (SSSR count). The van der Waals surface area contributed by atoms with Gasteiger partial charge in [-0.3, -0.25) is 4.57 Å². The van der Waals surface area contributed by atoms with Gasteiger partial charge in [-0.15, -0.1) is 10.2 Å². The van der Waals surface area contributed by atoms with Crippen molar-refractivity contribution in [2.24, 2.45) is 7.05 Å². The average molecular weight is 460 g/mol. The predicted molar refractivity (Wildman–Crippen MR) is 127 cm³/mol. The van der Waals surface area contributed by atoms with E-state index >= 15 is 0 Å². The Morgan fingerprint density at radius 3 is 2.79 bits per heavy atom. The van der Waals surface area contributed by atoms with Gasteiger partial charge in [0.25, 0.3) is 5.89 Å². The number of anilines is 1. The minimum atomic E-state index is -0.0551. The lowest BCUT2D eigenvalue weighted by atomic mass is 10.0. The second-order valence-electron chi connectivity index (χ2n) is 8.65. The van der Waals surface area contributed by atoms with Crippen LogP contribution in [0.2, 0.25) is 0 Å². The topological polar surface area (TPSA) is 124 Å². The van der Waals surface area contributed by atoms with Crippen molar-refractivity contribution in [3.8, 4) is 11.7 Å². The van der Waals surface area contributed by atoms with Crippen LogP contribution in [0.4, 0.5) is 5.82 Å². The van der Waals surface area contributed by atoms with Gasteiger partial charge in [0.05, 0.1) is 11.0 Å². The quantitative estimate of drug-likeness (QED) is 0.426. The third kappa shape index (κ3) is 3.27. The van der Waals surface area contributed by atoms with Gasteiger partial charge in [-0.25, -0.2) is 19.7 Å². The van der Waals surface area contributed by atoms with Crippen LogP contribution in [-0.2, 0) is 13.5 Å². The Morgan fingerprint density at radius 1 is 1.15 bits per heavy atom. The van der Waals surface area contributed by atoms with Gasteiger partial charge >= 0.3 is 5.69 Å². The Morgan fingerprint density at radius 2 is 1.97 bits per heavy atom. The number of aryl methyl sites for hydroxylation is 2. The highest BCUT2D eigenvalue weighted by Gasteiger charge is 2.27. The maximum Gasteiger partial charge on any atom is 0.326 e. The van der Waals surface area contributed by atoms with Gasteiger partial charge in [0.1, 0.15) is 6.33 Å². The third-order valence-electron chi connectivity index (χ3n) is 6.51. The monoisotopic (exact) mass is 459 g/mol. The van der Waals surface area contributed by atoms with E-state index in [0.29, 0.717) is 28.8 Å². The van der Waals surface area contributed by atoms with Crippen LogP contribution in [-0.4, -0.2) is 52.4 Å². The zero-order valence-corrected chi connectivity index (χ0v) is 19.1. The highest BCUT2D eigenvalue weighted by Crippen LogP contribution is 2.31. The molecule has 0 amide bonds. The second-order valence-corrected chi connectivity index (χ2v) is 8.65. The van der Waals surface area contributed by atoms with Crippen LogP contribution in [0.1, 0.15) is 38.1 Å². The molecule has 174 valence electrons. The molecule has 1 saturated heterocycles. The Labute approximate surface area is 194 Å². The maximum absolute atomic E-state index is 12.6. The van der Waals surface area contributed by atoms with Crippen LogP contribution in [0.25, 0.3) is 33.9 Å². The van der Waals surface area contributed by atoms with Crippen LogP contribution in [0.15, 0.2) is 39.8 Å². The molecule has 11 heteroatoms. The molecule has 1 aliphatic rings. The largest absolute Gasteiger partial charge is 0.418 e. The molecule has 1 fully saturated rings. The summed E-state index contributed by atoms with van der Waals surface area (Å²) >= 11 is 0. The predicted octanol–water partition coefficient (Wildman–Crippen LogP) is 2.85. The van der Waals surface area contributed by atoms with Crippen LogP contribution in [0, 0.1) is 0 Å². The van der Waals surface area contributed by atoms with Crippen molar-refractivity contribution in [2.45, 2.75) is 38.6 Å². The van der Waals surface area contributed by atoms with E-state index in [9.17, 15) is 4.79 Å². The molecule has 34 heavy (non-hydrogen) atoms. The van der Waals surface area contributed by atoms with E-state index < -0.39 is 0 Å². The summed E-state index contributed by atoms with van der Waals surface area (Å²) in [6.07, 6.45) is 4.89. The Bertz CT molecular complexity index is 1540. The van der Waals surface area contributed by atoms with Crippen molar-refractivity contribution in [2.75, 3.05) is 18.0 Å². The number of aromatic amines is 1. The standard InChI is InChI=1S/C23H25N9O2/c1-3-6-17-28-29-22(34-17)21-27-18-19(30(21)2)24-13-25-20(18)31-11-9-14(10-12-31)32-16-8-5-4-7-15(16)26-23(32)33/h4-5,7-8,13-14H,3,6,9-12H2,1-2H3,(H,26,33). The zero-order chi connectivity index (χ0) is 23.2. The molecule has 5 heterocycles. The molecule has 0 aliphatic carbocycles. The number of aromatic nitrogens is 8. The molecule has 0 spiro atoms. The molecule has 4 aromatic heterocycles. The fourth-order valence-electron chi connectivity index (χ4n) is 4.84. The van der Waals surface area contributed by atoms with Crippen molar-refractivity contribution in [1.29, 1.82) is 0 Å². The van der Waals surface area contributed by atoms with Crippen LogP contribution < -0.4 is 10.6 Å². The Hall–Kier alpha value is -4.02. The molecule has 0 atom stereocenters. The highest BCUT2D eigenvalue weighted by atomic mass is 16.4. The maximum atomic E-state index is 12.6. The zero-order valence-electron chi connectivity index (χ0n) is 19.1. The molecule has 1 aromatic carbocycles. The van der Waals surface area contributed by atoms with E-state index in [2.05, 4.69) is 37.0 Å². The van der Waals surface area contributed by atoms with Gasteiger partial charge in [0, 0.05) is 32.6 Å². The van der Waals surface area contributed by atoms with E-state index in [1.165, 1.54) is 0 Å². The molecule has 11 nitrogen and oxygen atoms in total. The number of para-hydroxylation sites is 2. The summed E-state index contributed by atoms with van der Waals surface area (Å²) in [7, 11) is 1.89. The summed E-state index contributed by atoms with van der Waals surface area (Å²) in [5, 5.41) is 8.30. The van der Waals surface area contributed by atoms with E-state index in [-0.39, 0.29) is 11.7 Å². The van der Waals surface area contributed by atoms with Gasteiger partial charge in [0.15, 0.2) is 17.0 Å². The number of benzene rings is 1. The molecule has 0 saturated carbocycles. The molecule has 0 bridgehead atoms. The van der Waals surface area contributed by atoms with Crippen molar-refractivity contribution in [3.05, 3.63) is 47.0 Å². The molecule has 5 aromatic rings. The van der Waals surface area contributed by atoms with Crippen molar-refractivity contribution in [3.63, 3.8) is 0 Å². The van der Waals surface area contributed by atoms with Crippen LogP contribution >= 0.6 is 0 Å². The lowest BCUT2D eigenvalue weighted by Gasteiger charge is -2.33. The summed E-state index contributed by atoms with van der Waals surface area (Å²) in [6, 6.07) is 7.96. The molecular weight excluding hydrogens is 434 g/mol. The summed E-state index contributed by atoms with van der Waals surface area (Å²) < 4.78 is 9.56. The molecule has 1 N–H and O–H groups in total. The van der Waals surface area contributed by atoms with Gasteiger partial charge in [0.2, 0.25) is 11.7 Å². The first kappa shape index (κ1) is 20.6. The SMILES string of the molecule is CCCc1nnc(-c2nc3c(N4CCC(n5c(=O)[nH]c6ccccc65)CC4)ncnc3n2C)o1. The lowest BCUT2D eigenvalue weighted by molar-refractivity contribution is 0.395. The normalized spacial score (nSPS) is 15.1. The Kier molecular flexibility index (Phi) is 4.89. The first-order chi connectivity index (χ1) is 16.6. The lowest BCUT2D eigenvalue weighted by Crippen LogP contribution is -2.37. The summed E-state index contributed by atoms with van der Waals surface area (Å²) in [5.74, 6) is 2.34. The van der Waals surface area contributed by atoms with E-state index in [4.69, 9.17) is 9.40 Å². The van der Waals surface area contributed by atoms with Gasteiger partial charge in [-0.2, -0.15) is 0 Å². The van der Waals surface area contributed by atoms with Gasteiger partial charge in [-0.1, -0.05) is 19.1 Å². The third-order valence-corrected chi connectivity index (χ3v) is 6.51. The number of fused-ring (bicyclic) bond motifs is 2. The van der Waals surface area contributed by atoms with E-state index in [1.807, 2.05) is 40.4 Å². The number of rotatable bonds is 5. The van der Waals surface area contributed by atoms with Crippen molar-refractivity contribution in [1.82, 2.24) is 39.3 Å². The van der Waals surface area contributed by atoms with Crippen LogP contribution in [0.5, 0.6) is 0 Å². The number of hydrogen-bond donors (Lipinski definition) is 1. The first-order valence-electron chi connectivity index (χ1n) is 11.6. The summed E-state index contributed by atoms with van der Waals surface area (Å²) in [4.78, 5) is 31.6. The highest BCUT2D eigenvalue weighted by molar-refractivity contribution is 5.86. The second kappa shape index (κ2) is 8.08. The van der Waals surface area contributed by atoms with E-state index in [1.54, 1.807) is 6.33 Å². The van der Waals surface area contributed by atoms with Crippen LogP contribution in [0.3, 0.4) is 0 Å². The minimum absolute atomic E-state index is 0.0551. The van der Waals surface area contributed by atoms with E-state index in [0.717, 1.165) is 55.6 Å². The molecular formula is C23H25N9O2. The fourth-order valence-corrected chi connectivity index (χ4v) is 4.84. The molecule has 1 aliphatic heterocycles. The Balaban J connectivity index is 1.29. The number of nitrogens with one attached hydrogen (secondary N) is 1. The number of imidazole rings is 2.